The monoisotopic (exact) mass is 308 g/mol. The van der Waals surface area contributed by atoms with E-state index in [0.29, 0.717) is 16.9 Å². The van der Waals surface area contributed by atoms with Crippen LogP contribution in [0.5, 0.6) is 5.75 Å². The van der Waals surface area contributed by atoms with Gasteiger partial charge in [-0.05, 0) is 36.8 Å². The van der Waals surface area contributed by atoms with E-state index >= 15 is 0 Å². The first-order chi connectivity index (χ1) is 9.96. The van der Waals surface area contributed by atoms with Gasteiger partial charge < -0.3 is 9.84 Å². The van der Waals surface area contributed by atoms with Gasteiger partial charge in [0, 0.05) is 11.9 Å². The lowest BCUT2D eigenvalue weighted by atomic mass is 10.2. The molecule has 1 aromatic carbocycles. The SMILES string of the molecule is COc1cc(CO)ccc1S(=O)(=O)Nc1ccnc(C)c1. The molecule has 0 saturated carbocycles. The molecule has 0 aliphatic rings. The lowest BCUT2D eigenvalue weighted by Crippen LogP contribution is -2.14. The molecule has 2 rings (SSSR count). The Morgan fingerprint density at radius 2 is 2.05 bits per heavy atom. The van der Waals surface area contributed by atoms with Crippen LogP contribution in [0.3, 0.4) is 0 Å². The van der Waals surface area contributed by atoms with Gasteiger partial charge in [0.1, 0.15) is 10.6 Å². The van der Waals surface area contributed by atoms with Crippen LogP contribution in [0.25, 0.3) is 0 Å². The number of pyridine rings is 1. The number of ether oxygens (including phenoxy) is 1. The standard InChI is InChI=1S/C14H16N2O4S/c1-10-7-12(5-6-15-10)16-21(18,19)14-4-3-11(9-17)8-13(14)20-2/h3-8,17H,9H2,1-2H3,(H,15,16). The zero-order chi connectivity index (χ0) is 15.5. The van der Waals surface area contributed by atoms with E-state index in [4.69, 9.17) is 9.84 Å². The van der Waals surface area contributed by atoms with Crippen LogP contribution in [0.1, 0.15) is 11.3 Å². The van der Waals surface area contributed by atoms with Gasteiger partial charge in [0.05, 0.1) is 19.4 Å². The van der Waals surface area contributed by atoms with Crippen LogP contribution >= 0.6 is 0 Å². The van der Waals surface area contributed by atoms with Gasteiger partial charge in [0.15, 0.2) is 0 Å². The highest BCUT2D eigenvalue weighted by atomic mass is 32.2. The van der Waals surface area contributed by atoms with Crippen molar-refractivity contribution in [1.29, 1.82) is 0 Å². The Balaban J connectivity index is 2.40. The lowest BCUT2D eigenvalue weighted by Gasteiger charge is -2.12. The van der Waals surface area contributed by atoms with Gasteiger partial charge in [-0.1, -0.05) is 6.07 Å². The number of benzene rings is 1. The second-order valence-corrected chi connectivity index (χ2v) is 6.09. The molecule has 0 saturated heterocycles. The van der Waals surface area contributed by atoms with Crippen LogP contribution in [0, 0.1) is 6.92 Å². The molecule has 0 aliphatic heterocycles. The van der Waals surface area contributed by atoms with Crippen molar-refractivity contribution in [3.63, 3.8) is 0 Å². The molecule has 1 aromatic heterocycles. The number of hydrogen-bond donors (Lipinski definition) is 2. The molecule has 0 radical (unpaired) electrons. The minimum Gasteiger partial charge on any atom is -0.495 e. The molecule has 112 valence electrons. The van der Waals surface area contributed by atoms with Crippen molar-refractivity contribution < 1.29 is 18.3 Å². The molecular weight excluding hydrogens is 292 g/mol. The topological polar surface area (TPSA) is 88.5 Å². The van der Waals surface area contributed by atoms with Gasteiger partial charge in [0.2, 0.25) is 0 Å². The van der Waals surface area contributed by atoms with Crippen LogP contribution in [0.15, 0.2) is 41.4 Å². The highest BCUT2D eigenvalue weighted by Crippen LogP contribution is 2.27. The van der Waals surface area contributed by atoms with Crippen molar-refractivity contribution in [2.75, 3.05) is 11.8 Å². The lowest BCUT2D eigenvalue weighted by molar-refractivity contribution is 0.280. The Bertz CT molecular complexity index is 744. The number of aromatic nitrogens is 1. The quantitative estimate of drug-likeness (QED) is 0.877. The summed E-state index contributed by atoms with van der Waals surface area (Å²) in [7, 11) is -2.40. The molecule has 1 heterocycles. The van der Waals surface area contributed by atoms with Crippen molar-refractivity contribution in [1.82, 2.24) is 4.98 Å². The summed E-state index contributed by atoms with van der Waals surface area (Å²) in [6, 6.07) is 7.63. The minimum absolute atomic E-state index is 0.0108. The van der Waals surface area contributed by atoms with Crippen molar-refractivity contribution >= 4 is 15.7 Å². The second kappa shape index (κ2) is 6.11. The fourth-order valence-electron chi connectivity index (χ4n) is 1.85. The molecule has 0 amide bonds. The maximum atomic E-state index is 12.4. The molecule has 2 aromatic rings. The fraction of sp³-hybridized carbons (Fsp3) is 0.214. The van der Waals surface area contributed by atoms with E-state index in [0.717, 1.165) is 0 Å². The first-order valence-corrected chi connectivity index (χ1v) is 7.68. The highest BCUT2D eigenvalue weighted by molar-refractivity contribution is 7.92. The van der Waals surface area contributed by atoms with E-state index in [1.54, 1.807) is 19.1 Å². The number of sulfonamides is 1. The van der Waals surface area contributed by atoms with Gasteiger partial charge >= 0.3 is 0 Å². The van der Waals surface area contributed by atoms with Gasteiger partial charge in [-0.25, -0.2) is 8.42 Å². The van der Waals surface area contributed by atoms with E-state index in [-0.39, 0.29) is 17.3 Å². The second-order valence-electron chi connectivity index (χ2n) is 4.43. The van der Waals surface area contributed by atoms with Crippen molar-refractivity contribution in [3.8, 4) is 5.75 Å². The van der Waals surface area contributed by atoms with E-state index in [9.17, 15) is 8.42 Å². The van der Waals surface area contributed by atoms with Crippen molar-refractivity contribution in [3.05, 3.63) is 47.8 Å². The summed E-state index contributed by atoms with van der Waals surface area (Å²) in [5, 5.41) is 9.09. The Hall–Kier alpha value is -2.12. The molecule has 0 bridgehead atoms. The number of nitrogens with one attached hydrogen (secondary N) is 1. The van der Waals surface area contributed by atoms with Gasteiger partial charge in [-0.2, -0.15) is 0 Å². The molecule has 0 fully saturated rings. The Kier molecular flexibility index (Phi) is 4.44. The Morgan fingerprint density at radius 1 is 1.29 bits per heavy atom. The maximum absolute atomic E-state index is 12.4. The normalized spacial score (nSPS) is 11.2. The fourth-order valence-corrected chi connectivity index (χ4v) is 3.05. The third-order valence-electron chi connectivity index (χ3n) is 2.85. The largest absolute Gasteiger partial charge is 0.495 e. The average molecular weight is 308 g/mol. The van der Waals surface area contributed by atoms with Crippen molar-refractivity contribution in [2.24, 2.45) is 0 Å². The molecule has 0 atom stereocenters. The summed E-state index contributed by atoms with van der Waals surface area (Å²) in [5.74, 6) is 0.180. The van der Waals surface area contributed by atoms with E-state index in [2.05, 4.69) is 9.71 Å². The average Bonchev–Trinajstić information content (AvgIpc) is 2.46. The minimum atomic E-state index is -3.78. The van der Waals surface area contributed by atoms with Crippen LogP contribution in [-0.2, 0) is 16.6 Å². The number of aryl methyl sites for hydroxylation is 1. The first kappa shape index (κ1) is 15.3. The number of methoxy groups -OCH3 is 1. The van der Waals surface area contributed by atoms with Gasteiger partial charge in [0.25, 0.3) is 10.0 Å². The van der Waals surface area contributed by atoms with Crippen molar-refractivity contribution in [2.45, 2.75) is 18.4 Å². The molecule has 7 heteroatoms. The smallest absolute Gasteiger partial charge is 0.265 e. The highest BCUT2D eigenvalue weighted by Gasteiger charge is 2.20. The number of rotatable bonds is 5. The zero-order valence-corrected chi connectivity index (χ0v) is 12.5. The van der Waals surface area contributed by atoms with Crippen LogP contribution in [0.4, 0.5) is 5.69 Å². The number of aliphatic hydroxyl groups excluding tert-OH is 1. The van der Waals surface area contributed by atoms with Gasteiger partial charge in [-0.3, -0.25) is 9.71 Å². The molecule has 2 N–H and O–H groups in total. The summed E-state index contributed by atoms with van der Waals surface area (Å²) >= 11 is 0. The van der Waals surface area contributed by atoms with Gasteiger partial charge in [-0.15, -0.1) is 0 Å². The number of nitrogens with zero attached hydrogens (tertiary/aromatic N) is 1. The number of anilines is 1. The molecular formula is C14H16N2O4S. The molecule has 0 unspecified atom stereocenters. The molecule has 21 heavy (non-hydrogen) atoms. The third kappa shape index (κ3) is 3.50. The number of aliphatic hydroxyl groups is 1. The molecule has 6 nitrogen and oxygen atoms in total. The summed E-state index contributed by atoms with van der Waals surface area (Å²) < 4.78 is 32.4. The van der Waals surface area contributed by atoms with E-state index in [1.165, 1.54) is 31.5 Å². The first-order valence-electron chi connectivity index (χ1n) is 6.19. The van der Waals surface area contributed by atoms with Crippen LogP contribution in [0.2, 0.25) is 0 Å². The maximum Gasteiger partial charge on any atom is 0.265 e. The van der Waals surface area contributed by atoms with E-state index in [1.807, 2.05) is 0 Å². The predicted molar refractivity (Wildman–Crippen MR) is 78.7 cm³/mol. The molecule has 0 spiro atoms. The zero-order valence-electron chi connectivity index (χ0n) is 11.7. The molecule has 0 aliphatic carbocycles. The Morgan fingerprint density at radius 3 is 2.67 bits per heavy atom. The third-order valence-corrected chi connectivity index (χ3v) is 4.27. The van der Waals surface area contributed by atoms with E-state index < -0.39 is 10.0 Å². The summed E-state index contributed by atoms with van der Waals surface area (Å²) in [6.45, 7) is 1.59. The number of hydrogen-bond acceptors (Lipinski definition) is 5. The summed E-state index contributed by atoms with van der Waals surface area (Å²) in [5.41, 5.74) is 1.71. The van der Waals surface area contributed by atoms with Crippen LogP contribution < -0.4 is 9.46 Å². The summed E-state index contributed by atoms with van der Waals surface area (Å²) in [4.78, 5) is 4.02. The predicted octanol–water partition coefficient (Wildman–Crippen LogP) is 1.69. The summed E-state index contributed by atoms with van der Waals surface area (Å²) in [6.07, 6.45) is 1.53. The Labute approximate surface area is 123 Å². The van der Waals surface area contributed by atoms with Crippen LogP contribution in [-0.4, -0.2) is 25.6 Å².